The zero-order valence-corrected chi connectivity index (χ0v) is 19.7. The van der Waals surface area contributed by atoms with E-state index in [1.54, 1.807) is 44.2 Å². The molecule has 1 aliphatic rings. The molecule has 2 aromatic carbocycles. The fourth-order valence-electron chi connectivity index (χ4n) is 3.83. The van der Waals surface area contributed by atoms with Crippen molar-refractivity contribution in [1.82, 2.24) is 9.21 Å². The Balaban J connectivity index is 1.60. The molecule has 2 N–H and O–H groups in total. The second kappa shape index (κ2) is 10.3. The van der Waals surface area contributed by atoms with Gasteiger partial charge < -0.3 is 15.3 Å². The van der Waals surface area contributed by atoms with Gasteiger partial charge in [0.25, 0.3) is 0 Å². The zero-order chi connectivity index (χ0) is 23.3. The minimum atomic E-state index is -3.59. The molecule has 0 spiro atoms. The summed E-state index contributed by atoms with van der Waals surface area (Å²) >= 11 is 0. The molecule has 1 heterocycles. The van der Waals surface area contributed by atoms with Crippen molar-refractivity contribution in [2.75, 3.05) is 56.0 Å². The summed E-state index contributed by atoms with van der Waals surface area (Å²) in [6, 6.07) is 12.0. The highest BCUT2D eigenvalue weighted by atomic mass is 32.2. The third-order valence-corrected chi connectivity index (χ3v) is 7.83. The van der Waals surface area contributed by atoms with E-state index in [9.17, 15) is 18.3 Å². The van der Waals surface area contributed by atoms with Gasteiger partial charge >= 0.3 is 0 Å². The van der Waals surface area contributed by atoms with Gasteiger partial charge in [-0.1, -0.05) is 19.9 Å². The lowest BCUT2D eigenvalue weighted by molar-refractivity contribution is -0.117. The van der Waals surface area contributed by atoms with E-state index in [2.05, 4.69) is 15.1 Å². The molecule has 0 radical (unpaired) electrons. The van der Waals surface area contributed by atoms with Gasteiger partial charge in [0.15, 0.2) is 0 Å². The Hall–Kier alpha value is -2.62. The molecule has 1 saturated heterocycles. The van der Waals surface area contributed by atoms with Gasteiger partial charge in [0, 0.05) is 50.6 Å². The van der Waals surface area contributed by atoms with E-state index in [1.807, 2.05) is 19.1 Å². The number of nitrogens with one attached hydrogen (secondary N) is 1. The number of benzene rings is 2. The Bertz CT molecular complexity index is 1030. The fraction of sp³-hybridized carbons (Fsp3) is 0.435. The molecular formula is C23H32N4O4S. The number of aromatic hydroxyl groups is 1. The monoisotopic (exact) mass is 460 g/mol. The van der Waals surface area contributed by atoms with Gasteiger partial charge in [-0.15, -0.1) is 0 Å². The van der Waals surface area contributed by atoms with E-state index >= 15 is 0 Å². The number of anilines is 2. The average molecular weight is 461 g/mol. The summed E-state index contributed by atoms with van der Waals surface area (Å²) in [6.07, 6.45) is 0. The van der Waals surface area contributed by atoms with E-state index in [0.717, 1.165) is 37.4 Å². The molecular weight excluding hydrogens is 428 g/mol. The Morgan fingerprint density at radius 2 is 1.66 bits per heavy atom. The minimum Gasteiger partial charge on any atom is -0.508 e. The number of rotatable bonds is 8. The third-order valence-electron chi connectivity index (χ3n) is 5.78. The van der Waals surface area contributed by atoms with Crippen molar-refractivity contribution < 1.29 is 18.3 Å². The zero-order valence-electron chi connectivity index (χ0n) is 18.9. The van der Waals surface area contributed by atoms with Crippen LogP contribution in [0.25, 0.3) is 0 Å². The minimum absolute atomic E-state index is 0.163. The maximum Gasteiger partial charge on any atom is 0.243 e. The van der Waals surface area contributed by atoms with Crippen LogP contribution in [0.5, 0.6) is 5.75 Å². The van der Waals surface area contributed by atoms with Crippen LogP contribution in [0.3, 0.4) is 0 Å². The summed E-state index contributed by atoms with van der Waals surface area (Å²) in [5.74, 6) is 0.0805. The summed E-state index contributed by atoms with van der Waals surface area (Å²) < 4.78 is 27.0. The van der Waals surface area contributed by atoms with E-state index in [4.69, 9.17) is 0 Å². The first-order valence-corrected chi connectivity index (χ1v) is 12.4. The van der Waals surface area contributed by atoms with Crippen LogP contribution in [0, 0.1) is 6.92 Å². The van der Waals surface area contributed by atoms with Gasteiger partial charge in [-0.05, 0) is 48.9 Å². The molecule has 9 heteroatoms. The van der Waals surface area contributed by atoms with Gasteiger partial charge in [-0.25, -0.2) is 8.42 Å². The van der Waals surface area contributed by atoms with Crippen LogP contribution in [0.2, 0.25) is 0 Å². The number of nitrogens with zero attached hydrogens (tertiary/aromatic N) is 3. The third kappa shape index (κ3) is 5.59. The van der Waals surface area contributed by atoms with Crippen molar-refractivity contribution in [2.24, 2.45) is 0 Å². The summed E-state index contributed by atoms with van der Waals surface area (Å²) in [5.41, 5.74) is 2.38. The van der Waals surface area contributed by atoms with Crippen LogP contribution in [0.1, 0.15) is 19.4 Å². The Morgan fingerprint density at radius 1 is 1.03 bits per heavy atom. The number of hydrogen-bond acceptors (Lipinski definition) is 6. The number of phenols is 1. The van der Waals surface area contributed by atoms with Gasteiger partial charge in [0.05, 0.1) is 11.4 Å². The van der Waals surface area contributed by atoms with Crippen LogP contribution in [-0.2, 0) is 14.8 Å². The molecule has 0 saturated carbocycles. The molecule has 174 valence electrons. The van der Waals surface area contributed by atoms with Gasteiger partial charge in [-0.3, -0.25) is 9.69 Å². The summed E-state index contributed by atoms with van der Waals surface area (Å²) in [5, 5.41) is 12.3. The first kappa shape index (κ1) is 24.0. The van der Waals surface area contributed by atoms with Crippen LogP contribution in [-0.4, -0.2) is 74.4 Å². The molecule has 1 aliphatic heterocycles. The second-order valence-electron chi connectivity index (χ2n) is 7.89. The number of aryl methyl sites for hydroxylation is 1. The quantitative estimate of drug-likeness (QED) is 0.629. The number of hydrogen-bond donors (Lipinski definition) is 2. The van der Waals surface area contributed by atoms with Crippen molar-refractivity contribution in [3.05, 3.63) is 48.0 Å². The number of carbonyl (C=O) groups is 1. The molecule has 0 unspecified atom stereocenters. The van der Waals surface area contributed by atoms with Crippen molar-refractivity contribution in [1.29, 1.82) is 0 Å². The molecule has 0 bridgehead atoms. The number of amides is 1. The molecule has 0 aromatic heterocycles. The predicted octanol–water partition coefficient (Wildman–Crippen LogP) is 2.49. The molecule has 0 atom stereocenters. The Kier molecular flexibility index (Phi) is 7.76. The first-order valence-electron chi connectivity index (χ1n) is 10.9. The van der Waals surface area contributed by atoms with E-state index < -0.39 is 10.0 Å². The maximum atomic E-state index is 12.8. The fourth-order valence-corrected chi connectivity index (χ4v) is 5.31. The first-order chi connectivity index (χ1) is 15.2. The summed E-state index contributed by atoms with van der Waals surface area (Å²) in [4.78, 5) is 17.2. The number of phenolic OH excluding ortho intramolecular Hbond substituents is 1. The molecule has 32 heavy (non-hydrogen) atoms. The van der Waals surface area contributed by atoms with Crippen LogP contribution in [0.4, 0.5) is 11.4 Å². The van der Waals surface area contributed by atoms with Gasteiger partial charge in [0.2, 0.25) is 15.9 Å². The molecule has 3 rings (SSSR count). The molecule has 1 fully saturated rings. The topological polar surface area (TPSA) is 93.2 Å². The van der Waals surface area contributed by atoms with Crippen molar-refractivity contribution in [3.63, 3.8) is 0 Å². The molecule has 1 amide bonds. The van der Waals surface area contributed by atoms with E-state index in [1.165, 1.54) is 4.31 Å². The largest absolute Gasteiger partial charge is 0.508 e. The van der Waals surface area contributed by atoms with Crippen molar-refractivity contribution >= 4 is 27.3 Å². The average Bonchev–Trinajstić information content (AvgIpc) is 2.77. The molecule has 0 aliphatic carbocycles. The number of piperazine rings is 1. The van der Waals surface area contributed by atoms with Crippen LogP contribution in [0.15, 0.2) is 47.4 Å². The number of carbonyl (C=O) groups excluding carboxylic acids is 1. The van der Waals surface area contributed by atoms with E-state index in [0.29, 0.717) is 18.8 Å². The second-order valence-corrected chi connectivity index (χ2v) is 9.83. The highest BCUT2D eigenvalue weighted by Gasteiger charge is 2.23. The van der Waals surface area contributed by atoms with Crippen LogP contribution < -0.4 is 10.2 Å². The maximum absolute atomic E-state index is 12.8. The number of sulfonamides is 1. The lowest BCUT2D eigenvalue weighted by atomic mass is 10.2. The standard InChI is InChI=1S/C23H32N4O4S/c1-4-27(5-2)32(30,31)21-11-6-18(3)22(16-21)24-23(29)17-25-12-14-26(15-13-25)19-7-9-20(28)10-8-19/h6-11,16,28H,4-5,12-15,17H2,1-3H3,(H,24,29). The smallest absolute Gasteiger partial charge is 0.243 e. The molecule has 2 aromatic rings. The lowest BCUT2D eigenvalue weighted by Crippen LogP contribution is -2.48. The highest BCUT2D eigenvalue weighted by molar-refractivity contribution is 7.89. The summed E-state index contributed by atoms with van der Waals surface area (Å²) in [7, 11) is -3.59. The Labute approximate surface area is 190 Å². The highest BCUT2D eigenvalue weighted by Crippen LogP contribution is 2.23. The van der Waals surface area contributed by atoms with Crippen molar-refractivity contribution in [3.8, 4) is 5.75 Å². The van der Waals surface area contributed by atoms with Gasteiger partial charge in [-0.2, -0.15) is 4.31 Å². The SMILES string of the molecule is CCN(CC)S(=O)(=O)c1ccc(C)c(NC(=O)CN2CCN(c3ccc(O)cc3)CC2)c1. The normalized spacial score (nSPS) is 15.2. The Morgan fingerprint density at radius 3 is 2.25 bits per heavy atom. The summed E-state index contributed by atoms with van der Waals surface area (Å²) in [6.45, 7) is 9.54. The van der Waals surface area contributed by atoms with Crippen LogP contribution >= 0.6 is 0 Å². The van der Waals surface area contributed by atoms with Crippen molar-refractivity contribution in [2.45, 2.75) is 25.7 Å². The predicted molar refractivity (Wildman–Crippen MR) is 127 cm³/mol. The molecule has 8 nitrogen and oxygen atoms in total. The van der Waals surface area contributed by atoms with E-state index in [-0.39, 0.29) is 23.1 Å². The lowest BCUT2D eigenvalue weighted by Gasteiger charge is -2.35. The van der Waals surface area contributed by atoms with Gasteiger partial charge in [0.1, 0.15) is 5.75 Å².